The zero-order valence-corrected chi connectivity index (χ0v) is 9.83. The van der Waals surface area contributed by atoms with Gasteiger partial charge in [0.2, 0.25) is 0 Å². The SMILES string of the molecule is CCN(CC(C)C)C(=N)c1ccccc1. The summed E-state index contributed by atoms with van der Waals surface area (Å²) in [6, 6.07) is 9.92. The van der Waals surface area contributed by atoms with Crippen molar-refractivity contribution in [3.8, 4) is 0 Å². The molecule has 0 fully saturated rings. The average molecular weight is 204 g/mol. The van der Waals surface area contributed by atoms with Crippen LogP contribution < -0.4 is 0 Å². The molecule has 82 valence electrons. The lowest BCUT2D eigenvalue weighted by molar-refractivity contribution is 0.380. The molecule has 1 rings (SSSR count). The molecule has 15 heavy (non-hydrogen) atoms. The number of nitrogens with one attached hydrogen (secondary N) is 1. The van der Waals surface area contributed by atoms with Crippen molar-refractivity contribution in [1.82, 2.24) is 4.90 Å². The van der Waals surface area contributed by atoms with E-state index in [1.807, 2.05) is 30.3 Å². The van der Waals surface area contributed by atoms with Crippen LogP contribution in [0.1, 0.15) is 26.3 Å². The van der Waals surface area contributed by atoms with E-state index in [1.54, 1.807) is 0 Å². The van der Waals surface area contributed by atoms with Gasteiger partial charge in [0.25, 0.3) is 0 Å². The van der Waals surface area contributed by atoms with Gasteiger partial charge in [0.1, 0.15) is 5.84 Å². The lowest BCUT2D eigenvalue weighted by Crippen LogP contribution is -2.33. The maximum absolute atomic E-state index is 8.11. The second kappa shape index (κ2) is 5.54. The summed E-state index contributed by atoms with van der Waals surface area (Å²) in [5, 5.41) is 8.11. The lowest BCUT2D eigenvalue weighted by Gasteiger charge is -2.25. The van der Waals surface area contributed by atoms with Crippen LogP contribution in [0.3, 0.4) is 0 Å². The van der Waals surface area contributed by atoms with Crippen molar-refractivity contribution in [2.75, 3.05) is 13.1 Å². The molecule has 0 saturated heterocycles. The van der Waals surface area contributed by atoms with Crippen LogP contribution in [0.15, 0.2) is 30.3 Å². The molecule has 0 aliphatic carbocycles. The van der Waals surface area contributed by atoms with Crippen molar-refractivity contribution in [3.05, 3.63) is 35.9 Å². The van der Waals surface area contributed by atoms with E-state index in [4.69, 9.17) is 5.41 Å². The third-order valence-electron chi connectivity index (χ3n) is 2.33. The molecule has 0 aliphatic rings. The predicted octanol–water partition coefficient (Wildman–Crippen LogP) is 2.99. The highest BCUT2D eigenvalue weighted by Crippen LogP contribution is 2.06. The van der Waals surface area contributed by atoms with Gasteiger partial charge in [-0.05, 0) is 12.8 Å². The molecular weight excluding hydrogens is 184 g/mol. The Kier molecular flexibility index (Phi) is 4.35. The van der Waals surface area contributed by atoms with Gasteiger partial charge in [-0.1, -0.05) is 44.2 Å². The van der Waals surface area contributed by atoms with Gasteiger partial charge < -0.3 is 4.90 Å². The first-order valence-corrected chi connectivity index (χ1v) is 5.54. The molecule has 2 nitrogen and oxygen atoms in total. The van der Waals surface area contributed by atoms with Gasteiger partial charge in [0, 0.05) is 18.7 Å². The fourth-order valence-electron chi connectivity index (χ4n) is 1.60. The van der Waals surface area contributed by atoms with Gasteiger partial charge in [-0.25, -0.2) is 0 Å². The fourth-order valence-corrected chi connectivity index (χ4v) is 1.60. The van der Waals surface area contributed by atoms with E-state index in [-0.39, 0.29) is 0 Å². The number of benzene rings is 1. The van der Waals surface area contributed by atoms with E-state index < -0.39 is 0 Å². The lowest BCUT2D eigenvalue weighted by atomic mass is 10.1. The molecular formula is C13H20N2. The molecule has 0 bridgehead atoms. The molecule has 2 heteroatoms. The monoisotopic (exact) mass is 204 g/mol. The van der Waals surface area contributed by atoms with Crippen LogP contribution in [-0.4, -0.2) is 23.8 Å². The quantitative estimate of drug-likeness (QED) is 0.592. The Balaban J connectivity index is 2.74. The minimum atomic E-state index is 0.592. The van der Waals surface area contributed by atoms with E-state index in [1.165, 1.54) is 0 Å². The Labute approximate surface area is 92.4 Å². The van der Waals surface area contributed by atoms with Crippen LogP contribution in [0, 0.1) is 11.3 Å². The standard InChI is InChI=1S/C13H20N2/c1-4-15(10-11(2)3)13(14)12-8-6-5-7-9-12/h5-9,11,14H,4,10H2,1-3H3. The largest absolute Gasteiger partial charge is 0.357 e. The Hall–Kier alpha value is -1.31. The van der Waals surface area contributed by atoms with Crippen LogP contribution in [-0.2, 0) is 0 Å². The summed E-state index contributed by atoms with van der Waals surface area (Å²) in [6.45, 7) is 8.30. The van der Waals surface area contributed by atoms with Crippen LogP contribution in [0.2, 0.25) is 0 Å². The van der Waals surface area contributed by atoms with Crippen molar-refractivity contribution in [3.63, 3.8) is 0 Å². The summed E-state index contributed by atoms with van der Waals surface area (Å²) >= 11 is 0. The van der Waals surface area contributed by atoms with E-state index in [9.17, 15) is 0 Å². The average Bonchev–Trinajstić information content (AvgIpc) is 2.26. The van der Waals surface area contributed by atoms with Gasteiger partial charge >= 0.3 is 0 Å². The summed E-state index contributed by atoms with van der Waals surface area (Å²) in [5.74, 6) is 1.22. The zero-order chi connectivity index (χ0) is 11.3. The Morgan fingerprint density at radius 3 is 2.33 bits per heavy atom. The molecule has 1 N–H and O–H groups in total. The fraction of sp³-hybridized carbons (Fsp3) is 0.462. The summed E-state index contributed by atoms with van der Waals surface area (Å²) in [4.78, 5) is 2.11. The molecule has 0 atom stereocenters. The molecule has 0 saturated carbocycles. The maximum Gasteiger partial charge on any atom is 0.128 e. The molecule has 0 aliphatic heterocycles. The molecule has 1 aromatic carbocycles. The highest BCUT2D eigenvalue weighted by atomic mass is 15.2. The van der Waals surface area contributed by atoms with E-state index >= 15 is 0 Å². The van der Waals surface area contributed by atoms with Gasteiger partial charge in [0.15, 0.2) is 0 Å². The second-order valence-corrected chi connectivity index (χ2v) is 4.15. The first-order chi connectivity index (χ1) is 7.15. The first-order valence-electron chi connectivity index (χ1n) is 5.54. The number of rotatable bonds is 4. The predicted molar refractivity (Wildman–Crippen MR) is 65.4 cm³/mol. The minimum Gasteiger partial charge on any atom is -0.357 e. The van der Waals surface area contributed by atoms with Gasteiger partial charge in [-0.15, -0.1) is 0 Å². The summed E-state index contributed by atoms with van der Waals surface area (Å²) in [6.07, 6.45) is 0. The highest BCUT2D eigenvalue weighted by Gasteiger charge is 2.10. The molecule has 0 spiro atoms. The Bertz CT molecular complexity index is 304. The van der Waals surface area contributed by atoms with Gasteiger partial charge in [-0.3, -0.25) is 5.41 Å². The van der Waals surface area contributed by atoms with Crippen molar-refractivity contribution in [1.29, 1.82) is 5.41 Å². The van der Waals surface area contributed by atoms with E-state index in [2.05, 4.69) is 25.7 Å². The summed E-state index contributed by atoms with van der Waals surface area (Å²) in [5.41, 5.74) is 1.00. The van der Waals surface area contributed by atoms with E-state index in [0.29, 0.717) is 11.8 Å². The van der Waals surface area contributed by atoms with E-state index in [0.717, 1.165) is 18.7 Å². The van der Waals surface area contributed by atoms with Gasteiger partial charge in [0.05, 0.1) is 0 Å². The maximum atomic E-state index is 8.11. The smallest absolute Gasteiger partial charge is 0.128 e. The Morgan fingerprint density at radius 2 is 1.87 bits per heavy atom. The number of hydrogen-bond acceptors (Lipinski definition) is 1. The number of nitrogens with zero attached hydrogens (tertiary/aromatic N) is 1. The van der Waals surface area contributed by atoms with Crippen molar-refractivity contribution in [2.45, 2.75) is 20.8 Å². The number of hydrogen-bond donors (Lipinski definition) is 1. The molecule has 1 aromatic rings. The molecule has 0 unspecified atom stereocenters. The highest BCUT2D eigenvalue weighted by molar-refractivity contribution is 5.96. The molecule has 0 aromatic heterocycles. The van der Waals surface area contributed by atoms with Crippen molar-refractivity contribution < 1.29 is 0 Å². The van der Waals surface area contributed by atoms with Crippen LogP contribution in [0.5, 0.6) is 0 Å². The Morgan fingerprint density at radius 1 is 1.27 bits per heavy atom. The second-order valence-electron chi connectivity index (χ2n) is 4.15. The third-order valence-corrected chi connectivity index (χ3v) is 2.33. The topological polar surface area (TPSA) is 27.1 Å². The summed E-state index contributed by atoms with van der Waals surface area (Å²) < 4.78 is 0. The van der Waals surface area contributed by atoms with Crippen LogP contribution in [0.4, 0.5) is 0 Å². The molecule has 0 amide bonds. The third kappa shape index (κ3) is 3.39. The van der Waals surface area contributed by atoms with Crippen molar-refractivity contribution >= 4 is 5.84 Å². The van der Waals surface area contributed by atoms with Crippen LogP contribution in [0.25, 0.3) is 0 Å². The van der Waals surface area contributed by atoms with Gasteiger partial charge in [-0.2, -0.15) is 0 Å². The zero-order valence-electron chi connectivity index (χ0n) is 9.83. The first kappa shape index (κ1) is 11.8. The molecule has 0 heterocycles. The minimum absolute atomic E-state index is 0.592. The van der Waals surface area contributed by atoms with Crippen LogP contribution >= 0.6 is 0 Å². The normalized spacial score (nSPS) is 10.4. The summed E-state index contributed by atoms with van der Waals surface area (Å²) in [7, 11) is 0. The number of amidine groups is 1. The van der Waals surface area contributed by atoms with Crippen molar-refractivity contribution in [2.24, 2.45) is 5.92 Å². The molecule has 0 radical (unpaired) electrons.